The number of aliphatic hydroxyl groups is 1. The van der Waals surface area contributed by atoms with E-state index < -0.39 is 0 Å². The summed E-state index contributed by atoms with van der Waals surface area (Å²) in [4.78, 5) is 15.8. The number of phenolic OH excluding ortho intramolecular Hbond substituents is 1. The number of ketones is 1. The maximum Gasteiger partial charge on any atom is 0.162 e. The van der Waals surface area contributed by atoms with Crippen LogP contribution >= 0.6 is 0 Å². The summed E-state index contributed by atoms with van der Waals surface area (Å²) in [6, 6.07) is 20.6. The third-order valence-electron chi connectivity index (χ3n) is 7.41. The molecular weight excluding hydrogens is 496 g/mol. The van der Waals surface area contributed by atoms with E-state index in [1.807, 2.05) is 61.7 Å². The van der Waals surface area contributed by atoms with E-state index in [1.54, 1.807) is 12.1 Å². The highest BCUT2D eigenvalue weighted by atomic mass is 16.3. The van der Waals surface area contributed by atoms with Gasteiger partial charge in [0, 0.05) is 57.9 Å². The Hall–Kier alpha value is -3.85. The summed E-state index contributed by atoms with van der Waals surface area (Å²) in [6.07, 6.45) is 8.92. The zero-order valence-corrected chi connectivity index (χ0v) is 23.5. The van der Waals surface area contributed by atoms with Crippen molar-refractivity contribution >= 4 is 16.7 Å². The summed E-state index contributed by atoms with van der Waals surface area (Å²) in [7, 11) is 0. The van der Waals surface area contributed by atoms with Crippen LogP contribution in [0.15, 0.2) is 72.9 Å². The van der Waals surface area contributed by atoms with E-state index in [4.69, 9.17) is 0 Å². The van der Waals surface area contributed by atoms with Crippen LogP contribution in [0.1, 0.15) is 91.0 Å². The monoisotopic (exact) mass is 536 g/mol. The lowest BCUT2D eigenvalue weighted by molar-refractivity contribution is 0.0979. The summed E-state index contributed by atoms with van der Waals surface area (Å²) < 4.78 is 0. The average Bonchev–Trinajstić information content (AvgIpc) is 3.39. The van der Waals surface area contributed by atoms with E-state index in [9.17, 15) is 15.0 Å². The lowest BCUT2D eigenvalue weighted by atomic mass is 10.0. The van der Waals surface area contributed by atoms with E-state index >= 15 is 0 Å². The Balaban J connectivity index is 1.38. The molecule has 0 amide bonds. The van der Waals surface area contributed by atoms with E-state index in [-0.39, 0.29) is 30.2 Å². The van der Waals surface area contributed by atoms with Crippen LogP contribution in [-0.4, -0.2) is 33.6 Å². The Morgan fingerprint density at radius 2 is 1.68 bits per heavy atom. The van der Waals surface area contributed by atoms with Crippen molar-refractivity contribution in [3.8, 4) is 17.6 Å². The predicted molar refractivity (Wildman–Crippen MR) is 163 cm³/mol. The summed E-state index contributed by atoms with van der Waals surface area (Å²) in [5.74, 6) is 6.73. The van der Waals surface area contributed by atoms with Crippen molar-refractivity contribution < 1.29 is 15.0 Å². The first-order chi connectivity index (χ1) is 19.5. The molecule has 0 spiro atoms. The van der Waals surface area contributed by atoms with Crippen LogP contribution in [-0.2, 0) is 6.42 Å². The molecule has 40 heavy (non-hydrogen) atoms. The number of Topliss-reactive ketones (excluding diaryl/α,β-unsaturated/α-hetero) is 1. The first kappa shape index (κ1) is 29.1. The van der Waals surface area contributed by atoms with E-state index in [0.717, 1.165) is 51.6 Å². The Morgan fingerprint density at radius 1 is 0.950 bits per heavy atom. The fourth-order valence-electron chi connectivity index (χ4n) is 5.08. The first-order valence-corrected chi connectivity index (χ1v) is 14.4. The normalized spacial score (nSPS) is 12.6. The number of rotatable bonds is 13. The summed E-state index contributed by atoms with van der Waals surface area (Å²) in [5.41, 5.74) is 5.29. The van der Waals surface area contributed by atoms with Gasteiger partial charge in [-0.05, 0) is 61.7 Å². The van der Waals surface area contributed by atoms with Gasteiger partial charge in [-0.3, -0.25) is 4.79 Å². The molecule has 4 aromatic rings. The molecule has 0 aliphatic rings. The fourth-order valence-corrected chi connectivity index (χ4v) is 5.08. The van der Waals surface area contributed by atoms with Crippen molar-refractivity contribution in [2.45, 2.75) is 70.9 Å². The minimum Gasteiger partial charge on any atom is -0.508 e. The van der Waals surface area contributed by atoms with Gasteiger partial charge in [0.2, 0.25) is 0 Å². The van der Waals surface area contributed by atoms with Crippen LogP contribution in [0.2, 0.25) is 0 Å². The van der Waals surface area contributed by atoms with Gasteiger partial charge in [0.25, 0.3) is 0 Å². The van der Waals surface area contributed by atoms with Crippen LogP contribution in [0.4, 0.5) is 0 Å². The van der Waals surface area contributed by atoms with E-state index in [0.29, 0.717) is 12.8 Å². The smallest absolute Gasteiger partial charge is 0.162 e. The second kappa shape index (κ2) is 14.5. The largest absolute Gasteiger partial charge is 0.508 e. The minimum atomic E-state index is -0.198. The number of unbranched alkanes of at least 4 members (excludes halogenated alkanes) is 4. The van der Waals surface area contributed by atoms with Gasteiger partial charge in [-0.1, -0.05) is 74.8 Å². The van der Waals surface area contributed by atoms with Gasteiger partial charge >= 0.3 is 0 Å². The number of phenols is 1. The SMILES string of the molecule is CCCCCCCC(=O)c1ccc(C#Cc2ccc(O)c([C@@H](C)NC(CO)Cc3c[nH]c4ccccc34)c2)cc1. The highest BCUT2D eigenvalue weighted by Crippen LogP contribution is 2.26. The van der Waals surface area contributed by atoms with Crippen LogP contribution in [0, 0.1) is 11.8 Å². The third kappa shape index (κ3) is 7.85. The molecule has 208 valence electrons. The molecule has 4 rings (SSSR count). The molecule has 4 N–H and O–H groups in total. The number of carbonyl (C=O) groups excluding carboxylic acids is 1. The number of aromatic amines is 1. The Labute approximate surface area is 237 Å². The second-order valence-corrected chi connectivity index (χ2v) is 10.5. The number of H-pyrrole nitrogens is 1. The molecule has 0 fully saturated rings. The van der Waals surface area contributed by atoms with Crippen molar-refractivity contribution in [1.29, 1.82) is 0 Å². The molecule has 0 bridgehead atoms. The van der Waals surface area contributed by atoms with Crippen LogP contribution in [0.5, 0.6) is 5.75 Å². The zero-order valence-electron chi connectivity index (χ0n) is 23.5. The molecular formula is C35H40N2O3. The number of hydrogen-bond acceptors (Lipinski definition) is 4. The number of aromatic hydroxyl groups is 1. The van der Waals surface area contributed by atoms with Gasteiger partial charge in [0.1, 0.15) is 5.75 Å². The van der Waals surface area contributed by atoms with E-state index in [1.165, 1.54) is 19.3 Å². The average molecular weight is 537 g/mol. The third-order valence-corrected chi connectivity index (χ3v) is 7.41. The topological polar surface area (TPSA) is 85.3 Å². The van der Waals surface area contributed by atoms with Crippen LogP contribution in [0.25, 0.3) is 10.9 Å². The number of carbonyl (C=O) groups is 1. The molecule has 1 aromatic heterocycles. The van der Waals surface area contributed by atoms with Gasteiger partial charge in [0.05, 0.1) is 6.61 Å². The molecule has 2 atom stereocenters. The number of hydrogen-bond donors (Lipinski definition) is 4. The highest BCUT2D eigenvalue weighted by Gasteiger charge is 2.18. The van der Waals surface area contributed by atoms with Gasteiger partial charge in [-0.15, -0.1) is 0 Å². The molecule has 3 aromatic carbocycles. The van der Waals surface area contributed by atoms with Crippen molar-refractivity contribution in [3.05, 3.63) is 101 Å². The molecule has 0 saturated carbocycles. The number of aliphatic hydroxyl groups excluding tert-OH is 1. The Kier molecular flexibility index (Phi) is 10.6. The van der Waals surface area contributed by atoms with Gasteiger partial charge in [-0.25, -0.2) is 0 Å². The summed E-state index contributed by atoms with van der Waals surface area (Å²) in [5, 5.41) is 25.3. The van der Waals surface area contributed by atoms with Crippen LogP contribution < -0.4 is 5.32 Å². The quantitative estimate of drug-likeness (QED) is 0.0836. The first-order valence-electron chi connectivity index (χ1n) is 14.4. The standard InChI is InChI=1S/C35H40N2O3/c1-3-4-5-6-7-12-34(39)28-18-15-26(16-19-28)13-14-27-17-20-35(40)32(21-27)25(2)37-30(24-38)22-29-23-36-33-11-9-8-10-31(29)33/h8-11,15-21,23,25,30,36-38,40H,3-7,12,22,24H2,1-2H3/t25-,30?/m1/s1. The molecule has 0 radical (unpaired) electrons. The second-order valence-electron chi connectivity index (χ2n) is 10.5. The number of fused-ring (bicyclic) bond motifs is 1. The molecule has 5 heteroatoms. The van der Waals surface area contributed by atoms with Crippen LogP contribution in [0.3, 0.4) is 0 Å². The molecule has 1 unspecified atom stereocenters. The van der Waals surface area contributed by atoms with Gasteiger partial charge in [-0.2, -0.15) is 0 Å². The zero-order chi connectivity index (χ0) is 28.3. The maximum absolute atomic E-state index is 12.5. The minimum absolute atomic E-state index is 0.0263. The molecule has 0 aliphatic heterocycles. The number of nitrogens with one attached hydrogen (secondary N) is 2. The molecule has 5 nitrogen and oxygen atoms in total. The van der Waals surface area contributed by atoms with Crippen molar-refractivity contribution in [3.63, 3.8) is 0 Å². The predicted octanol–water partition coefficient (Wildman–Crippen LogP) is 7.07. The number of aromatic nitrogens is 1. The Morgan fingerprint density at radius 3 is 2.45 bits per heavy atom. The van der Waals surface area contributed by atoms with E-state index in [2.05, 4.69) is 35.1 Å². The molecule has 1 heterocycles. The van der Waals surface area contributed by atoms with Gasteiger partial charge < -0.3 is 20.5 Å². The van der Waals surface area contributed by atoms with Gasteiger partial charge in [0.15, 0.2) is 5.78 Å². The summed E-state index contributed by atoms with van der Waals surface area (Å²) >= 11 is 0. The van der Waals surface area contributed by atoms with Crippen molar-refractivity contribution in [2.75, 3.05) is 6.61 Å². The van der Waals surface area contributed by atoms with Crippen molar-refractivity contribution in [1.82, 2.24) is 10.3 Å². The fraction of sp³-hybridized carbons (Fsp3) is 0.343. The number of benzene rings is 3. The molecule has 0 aliphatic carbocycles. The lowest BCUT2D eigenvalue weighted by Crippen LogP contribution is -2.36. The molecule has 0 saturated heterocycles. The van der Waals surface area contributed by atoms with Crippen molar-refractivity contribution in [2.24, 2.45) is 0 Å². The lowest BCUT2D eigenvalue weighted by Gasteiger charge is -2.23. The Bertz CT molecular complexity index is 1460. The highest BCUT2D eigenvalue weighted by molar-refractivity contribution is 5.96. The number of para-hydroxylation sites is 1. The summed E-state index contributed by atoms with van der Waals surface area (Å²) in [6.45, 7) is 4.14. The maximum atomic E-state index is 12.5.